The summed E-state index contributed by atoms with van der Waals surface area (Å²) in [5, 5.41) is 0. The minimum Gasteiger partial charge on any atom is -0.497 e. The molecule has 5 heteroatoms. The third kappa shape index (κ3) is 3.74. The Hall–Kier alpha value is -2.01. The Morgan fingerprint density at radius 3 is 2.65 bits per heavy atom. The standard InChI is InChI=1S/C15H18O5/c1-3-4-13-14(20-15(16)19-13)10-18-9-11-5-7-12(17-2)8-6-11/h3-8,13-14H,9-10H2,1-2H3/b4-3+/t13-,14-/m0/s1. The molecule has 0 N–H and O–H groups in total. The molecule has 20 heavy (non-hydrogen) atoms. The van der Waals surface area contributed by atoms with E-state index in [0.29, 0.717) is 13.2 Å². The maximum Gasteiger partial charge on any atom is 0.509 e. The van der Waals surface area contributed by atoms with E-state index in [1.165, 1.54) is 0 Å². The molecule has 0 amide bonds. The lowest BCUT2D eigenvalue weighted by molar-refractivity contribution is 0.0305. The van der Waals surface area contributed by atoms with Crippen molar-refractivity contribution in [1.82, 2.24) is 0 Å². The van der Waals surface area contributed by atoms with Gasteiger partial charge in [-0.05, 0) is 30.7 Å². The van der Waals surface area contributed by atoms with E-state index in [2.05, 4.69) is 0 Å². The molecule has 0 bridgehead atoms. The first-order chi connectivity index (χ1) is 9.72. The van der Waals surface area contributed by atoms with Gasteiger partial charge in [0.15, 0.2) is 12.2 Å². The van der Waals surface area contributed by atoms with E-state index in [0.717, 1.165) is 11.3 Å². The maximum absolute atomic E-state index is 11.1. The van der Waals surface area contributed by atoms with Gasteiger partial charge in [-0.1, -0.05) is 18.2 Å². The molecule has 1 heterocycles. The van der Waals surface area contributed by atoms with Gasteiger partial charge in [0.1, 0.15) is 5.75 Å². The van der Waals surface area contributed by atoms with Crippen LogP contribution < -0.4 is 4.74 Å². The van der Waals surface area contributed by atoms with Crippen LogP contribution in [0.15, 0.2) is 36.4 Å². The monoisotopic (exact) mass is 278 g/mol. The molecule has 0 saturated carbocycles. The molecule has 1 fully saturated rings. The van der Waals surface area contributed by atoms with Crippen LogP contribution in [0.3, 0.4) is 0 Å². The van der Waals surface area contributed by atoms with Crippen molar-refractivity contribution in [2.24, 2.45) is 0 Å². The number of hydrogen-bond acceptors (Lipinski definition) is 5. The molecule has 0 radical (unpaired) electrons. The summed E-state index contributed by atoms with van der Waals surface area (Å²) in [7, 11) is 1.63. The summed E-state index contributed by atoms with van der Waals surface area (Å²) < 4.78 is 20.7. The van der Waals surface area contributed by atoms with Gasteiger partial charge in [-0.15, -0.1) is 0 Å². The minimum absolute atomic E-state index is 0.298. The fourth-order valence-electron chi connectivity index (χ4n) is 1.90. The number of cyclic esters (lactones) is 2. The topological polar surface area (TPSA) is 54.0 Å². The van der Waals surface area contributed by atoms with E-state index < -0.39 is 12.3 Å². The van der Waals surface area contributed by atoms with Crippen molar-refractivity contribution in [1.29, 1.82) is 0 Å². The summed E-state index contributed by atoms with van der Waals surface area (Å²) in [6.07, 6.45) is 2.20. The zero-order valence-electron chi connectivity index (χ0n) is 11.6. The van der Waals surface area contributed by atoms with Gasteiger partial charge in [0.25, 0.3) is 0 Å². The Morgan fingerprint density at radius 1 is 1.25 bits per heavy atom. The van der Waals surface area contributed by atoms with Crippen LogP contribution in [0.4, 0.5) is 4.79 Å². The quantitative estimate of drug-likeness (QED) is 0.591. The van der Waals surface area contributed by atoms with Gasteiger partial charge in [-0.3, -0.25) is 0 Å². The Bertz CT molecular complexity index is 466. The van der Waals surface area contributed by atoms with Crippen molar-refractivity contribution in [3.05, 3.63) is 42.0 Å². The number of benzene rings is 1. The van der Waals surface area contributed by atoms with Gasteiger partial charge in [0.2, 0.25) is 0 Å². The molecule has 108 valence electrons. The van der Waals surface area contributed by atoms with Crippen molar-refractivity contribution in [3.8, 4) is 5.75 Å². The average Bonchev–Trinajstić information content (AvgIpc) is 2.80. The highest BCUT2D eigenvalue weighted by atomic mass is 16.8. The molecule has 0 unspecified atom stereocenters. The number of allylic oxidation sites excluding steroid dienone is 1. The number of carbonyl (C=O) groups is 1. The van der Waals surface area contributed by atoms with E-state index in [9.17, 15) is 4.79 Å². The van der Waals surface area contributed by atoms with Crippen LogP contribution in [0, 0.1) is 0 Å². The van der Waals surface area contributed by atoms with Crippen molar-refractivity contribution in [3.63, 3.8) is 0 Å². The maximum atomic E-state index is 11.1. The molecule has 0 spiro atoms. The minimum atomic E-state index is -0.647. The highest BCUT2D eigenvalue weighted by Crippen LogP contribution is 2.18. The number of hydrogen-bond donors (Lipinski definition) is 0. The Labute approximate surface area is 118 Å². The molecule has 1 aromatic rings. The lowest BCUT2D eigenvalue weighted by Crippen LogP contribution is -2.25. The summed E-state index contributed by atoms with van der Waals surface area (Å²) in [5.41, 5.74) is 1.03. The first kappa shape index (κ1) is 14.4. The van der Waals surface area contributed by atoms with E-state index in [-0.39, 0.29) is 6.10 Å². The molecule has 1 aromatic carbocycles. The first-order valence-electron chi connectivity index (χ1n) is 6.43. The SMILES string of the molecule is C/C=C/[C@@H]1OC(=O)O[C@H]1COCc1ccc(OC)cc1. The smallest absolute Gasteiger partial charge is 0.497 e. The van der Waals surface area contributed by atoms with Crippen molar-refractivity contribution in [2.45, 2.75) is 25.7 Å². The molecule has 0 aliphatic carbocycles. The number of carbonyl (C=O) groups excluding carboxylic acids is 1. The van der Waals surface area contributed by atoms with Crippen LogP contribution in [0.2, 0.25) is 0 Å². The van der Waals surface area contributed by atoms with E-state index >= 15 is 0 Å². The van der Waals surface area contributed by atoms with Gasteiger partial charge in [0.05, 0.1) is 20.3 Å². The van der Waals surface area contributed by atoms with Gasteiger partial charge in [-0.25, -0.2) is 4.79 Å². The van der Waals surface area contributed by atoms with Crippen LogP contribution in [0.5, 0.6) is 5.75 Å². The van der Waals surface area contributed by atoms with Crippen LogP contribution in [0.1, 0.15) is 12.5 Å². The van der Waals surface area contributed by atoms with Gasteiger partial charge < -0.3 is 18.9 Å². The highest BCUT2D eigenvalue weighted by molar-refractivity contribution is 5.63. The fraction of sp³-hybridized carbons (Fsp3) is 0.400. The number of methoxy groups -OCH3 is 1. The third-order valence-electron chi connectivity index (χ3n) is 2.94. The second kappa shape index (κ2) is 6.96. The Morgan fingerprint density at radius 2 is 2.00 bits per heavy atom. The largest absolute Gasteiger partial charge is 0.509 e. The molecular weight excluding hydrogens is 260 g/mol. The lowest BCUT2D eigenvalue weighted by Gasteiger charge is -2.12. The molecule has 1 aliphatic heterocycles. The van der Waals surface area contributed by atoms with Gasteiger partial charge >= 0.3 is 6.16 Å². The van der Waals surface area contributed by atoms with Crippen LogP contribution in [-0.2, 0) is 20.8 Å². The Balaban J connectivity index is 1.81. The molecule has 0 aromatic heterocycles. The van der Waals surface area contributed by atoms with E-state index in [4.69, 9.17) is 18.9 Å². The van der Waals surface area contributed by atoms with Gasteiger partial charge in [-0.2, -0.15) is 0 Å². The summed E-state index contributed by atoms with van der Waals surface area (Å²) >= 11 is 0. The van der Waals surface area contributed by atoms with Gasteiger partial charge in [0, 0.05) is 0 Å². The molecule has 2 atom stereocenters. The predicted molar refractivity (Wildman–Crippen MR) is 72.6 cm³/mol. The zero-order chi connectivity index (χ0) is 14.4. The van der Waals surface area contributed by atoms with Crippen molar-refractivity contribution >= 4 is 6.16 Å². The second-order valence-corrected chi connectivity index (χ2v) is 4.38. The third-order valence-corrected chi connectivity index (χ3v) is 2.94. The Kier molecular flexibility index (Phi) is 5.01. The van der Waals surface area contributed by atoms with Crippen LogP contribution in [0.25, 0.3) is 0 Å². The van der Waals surface area contributed by atoms with E-state index in [1.54, 1.807) is 13.2 Å². The summed E-state index contributed by atoms with van der Waals surface area (Å²) in [4.78, 5) is 11.1. The van der Waals surface area contributed by atoms with Crippen LogP contribution in [-0.4, -0.2) is 32.1 Å². The summed E-state index contributed by atoms with van der Waals surface area (Å²) in [6, 6.07) is 7.61. The second-order valence-electron chi connectivity index (χ2n) is 4.38. The average molecular weight is 278 g/mol. The normalized spacial score (nSPS) is 21.8. The summed E-state index contributed by atoms with van der Waals surface area (Å²) in [5.74, 6) is 0.806. The zero-order valence-corrected chi connectivity index (χ0v) is 11.6. The fourth-order valence-corrected chi connectivity index (χ4v) is 1.90. The van der Waals surface area contributed by atoms with Crippen LogP contribution >= 0.6 is 0 Å². The van der Waals surface area contributed by atoms with Crippen molar-refractivity contribution in [2.75, 3.05) is 13.7 Å². The van der Waals surface area contributed by atoms with E-state index in [1.807, 2.05) is 37.3 Å². The lowest BCUT2D eigenvalue weighted by atomic mass is 10.2. The predicted octanol–water partition coefficient (Wildman–Crippen LogP) is 2.69. The molecule has 1 saturated heterocycles. The molecule has 1 aliphatic rings. The molecule has 2 rings (SSSR count). The number of ether oxygens (including phenoxy) is 4. The molecule has 5 nitrogen and oxygen atoms in total. The molecular formula is C15H18O5. The number of rotatable bonds is 6. The highest BCUT2D eigenvalue weighted by Gasteiger charge is 2.34. The van der Waals surface area contributed by atoms with Crippen molar-refractivity contribution < 1.29 is 23.7 Å². The summed E-state index contributed by atoms with van der Waals surface area (Å²) in [6.45, 7) is 2.61. The first-order valence-corrected chi connectivity index (χ1v) is 6.43.